The second kappa shape index (κ2) is 6.36. The fourth-order valence-corrected chi connectivity index (χ4v) is 2.68. The van der Waals surface area contributed by atoms with E-state index in [0.717, 1.165) is 38.8 Å². The largest absolute Gasteiger partial charge is 0.364 e. The molecule has 0 aromatic rings. The van der Waals surface area contributed by atoms with Gasteiger partial charge >= 0.3 is 0 Å². The third-order valence-electron chi connectivity index (χ3n) is 3.72. The zero-order valence-corrected chi connectivity index (χ0v) is 10.7. The summed E-state index contributed by atoms with van der Waals surface area (Å²) in [4.78, 5) is 11.9. The lowest BCUT2D eigenvalue weighted by molar-refractivity contribution is -0.136. The van der Waals surface area contributed by atoms with Crippen molar-refractivity contribution < 1.29 is 9.53 Å². The number of rotatable bonds is 4. The zero-order chi connectivity index (χ0) is 12.1. The molecule has 4 heteroatoms. The van der Waals surface area contributed by atoms with Gasteiger partial charge in [0.2, 0.25) is 5.91 Å². The molecule has 0 radical (unpaired) electrons. The summed E-state index contributed by atoms with van der Waals surface area (Å²) in [5.74, 6) is 0.0578. The zero-order valence-electron chi connectivity index (χ0n) is 10.7. The van der Waals surface area contributed by atoms with Crippen LogP contribution in [0, 0.1) is 0 Å². The van der Waals surface area contributed by atoms with Crippen LogP contribution in [0.25, 0.3) is 0 Å². The summed E-state index contributed by atoms with van der Waals surface area (Å²) in [5.41, 5.74) is 0. The molecule has 0 bridgehead atoms. The van der Waals surface area contributed by atoms with Crippen molar-refractivity contribution in [2.75, 3.05) is 13.1 Å². The Balaban J connectivity index is 1.70. The van der Waals surface area contributed by atoms with E-state index in [4.69, 9.17) is 4.74 Å². The normalized spacial score (nSPS) is 27.9. The first-order valence-corrected chi connectivity index (χ1v) is 6.92. The van der Waals surface area contributed by atoms with Gasteiger partial charge in [0.25, 0.3) is 0 Å². The lowest BCUT2D eigenvalue weighted by Gasteiger charge is -2.26. The molecular formula is C13H24N2O2. The molecule has 2 N–H and O–H groups in total. The van der Waals surface area contributed by atoms with Crippen molar-refractivity contribution in [3.8, 4) is 0 Å². The Morgan fingerprint density at radius 1 is 1.29 bits per heavy atom. The summed E-state index contributed by atoms with van der Waals surface area (Å²) in [6, 6.07) is 0.387. The van der Waals surface area contributed by atoms with Crippen LogP contribution in [0.15, 0.2) is 0 Å². The second-order valence-corrected chi connectivity index (χ2v) is 5.24. The van der Waals surface area contributed by atoms with Crippen LogP contribution in [-0.4, -0.2) is 37.2 Å². The smallest absolute Gasteiger partial charge is 0.249 e. The number of amides is 1. The molecule has 4 nitrogen and oxygen atoms in total. The van der Waals surface area contributed by atoms with Crippen molar-refractivity contribution in [3.63, 3.8) is 0 Å². The van der Waals surface area contributed by atoms with Crippen LogP contribution in [0.2, 0.25) is 0 Å². The van der Waals surface area contributed by atoms with Gasteiger partial charge in [0.05, 0.1) is 6.10 Å². The van der Waals surface area contributed by atoms with Gasteiger partial charge in [-0.1, -0.05) is 12.8 Å². The van der Waals surface area contributed by atoms with Crippen molar-refractivity contribution in [3.05, 3.63) is 0 Å². The van der Waals surface area contributed by atoms with E-state index < -0.39 is 0 Å². The highest BCUT2D eigenvalue weighted by atomic mass is 16.5. The summed E-state index contributed by atoms with van der Waals surface area (Å²) in [6.07, 6.45) is 6.83. The summed E-state index contributed by atoms with van der Waals surface area (Å²) in [7, 11) is 0. The quantitative estimate of drug-likeness (QED) is 0.776. The first-order chi connectivity index (χ1) is 8.25. The molecule has 1 saturated heterocycles. The van der Waals surface area contributed by atoms with Crippen LogP contribution in [-0.2, 0) is 9.53 Å². The lowest BCUT2D eigenvalue weighted by Crippen LogP contribution is -2.44. The van der Waals surface area contributed by atoms with Crippen molar-refractivity contribution in [1.29, 1.82) is 0 Å². The van der Waals surface area contributed by atoms with E-state index in [1.165, 1.54) is 12.8 Å². The van der Waals surface area contributed by atoms with Gasteiger partial charge in [0, 0.05) is 12.6 Å². The SMILES string of the molecule is CC(O[C@H]1CCCNC1)C(=O)NC1CCCC1. The number of nitrogens with one attached hydrogen (secondary N) is 2. The van der Waals surface area contributed by atoms with Crippen molar-refractivity contribution in [2.45, 2.75) is 63.7 Å². The molecule has 0 aromatic carbocycles. The number of piperidine rings is 1. The topological polar surface area (TPSA) is 50.4 Å². The molecule has 0 aromatic heterocycles. The molecule has 2 rings (SSSR count). The molecule has 2 aliphatic rings. The molecule has 0 spiro atoms. The van der Waals surface area contributed by atoms with Crippen molar-refractivity contribution in [2.24, 2.45) is 0 Å². The van der Waals surface area contributed by atoms with E-state index in [1.54, 1.807) is 0 Å². The van der Waals surface area contributed by atoms with Crippen LogP contribution >= 0.6 is 0 Å². The summed E-state index contributed by atoms with van der Waals surface area (Å²) in [5, 5.41) is 6.38. The van der Waals surface area contributed by atoms with Gasteiger partial charge < -0.3 is 15.4 Å². The fraction of sp³-hybridized carbons (Fsp3) is 0.923. The fourth-order valence-electron chi connectivity index (χ4n) is 2.68. The standard InChI is InChI=1S/C13H24N2O2/c1-10(17-12-7-4-8-14-9-12)13(16)15-11-5-2-3-6-11/h10-12,14H,2-9H2,1H3,(H,15,16)/t10?,12-/m0/s1. The Morgan fingerprint density at radius 2 is 2.06 bits per heavy atom. The van der Waals surface area contributed by atoms with Gasteiger partial charge in [0.1, 0.15) is 6.10 Å². The minimum absolute atomic E-state index is 0.0578. The Kier molecular flexibility index (Phi) is 4.80. The summed E-state index contributed by atoms with van der Waals surface area (Å²) in [6.45, 7) is 3.81. The average Bonchev–Trinajstić information content (AvgIpc) is 2.83. The monoisotopic (exact) mass is 240 g/mol. The van der Waals surface area contributed by atoms with Crippen LogP contribution in [0.3, 0.4) is 0 Å². The van der Waals surface area contributed by atoms with Gasteiger partial charge in [-0.3, -0.25) is 4.79 Å². The lowest BCUT2D eigenvalue weighted by atomic mass is 10.1. The van der Waals surface area contributed by atoms with Crippen LogP contribution < -0.4 is 10.6 Å². The molecule has 1 aliphatic carbocycles. The minimum atomic E-state index is -0.319. The molecule has 98 valence electrons. The Morgan fingerprint density at radius 3 is 2.71 bits per heavy atom. The Bertz CT molecular complexity index is 246. The third-order valence-corrected chi connectivity index (χ3v) is 3.72. The van der Waals surface area contributed by atoms with E-state index in [-0.39, 0.29) is 18.1 Å². The number of ether oxygens (including phenoxy) is 1. The summed E-state index contributed by atoms with van der Waals surface area (Å²) < 4.78 is 5.79. The molecular weight excluding hydrogens is 216 g/mol. The molecule has 1 amide bonds. The highest BCUT2D eigenvalue weighted by molar-refractivity contribution is 5.80. The van der Waals surface area contributed by atoms with Crippen molar-refractivity contribution in [1.82, 2.24) is 10.6 Å². The maximum absolute atomic E-state index is 11.9. The third kappa shape index (κ3) is 3.96. The molecule has 1 unspecified atom stereocenters. The molecule has 1 heterocycles. The number of carbonyl (C=O) groups is 1. The van der Waals surface area contributed by atoms with Gasteiger partial charge in [-0.15, -0.1) is 0 Å². The second-order valence-electron chi connectivity index (χ2n) is 5.24. The highest BCUT2D eigenvalue weighted by Crippen LogP contribution is 2.18. The first-order valence-electron chi connectivity index (χ1n) is 6.92. The van der Waals surface area contributed by atoms with Crippen LogP contribution in [0.5, 0.6) is 0 Å². The Hall–Kier alpha value is -0.610. The van der Waals surface area contributed by atoms with Crippen LogP contribution in [0.1, 0.15) is 45.4 Å². The molecule has 1 aliphatic heterocycles. The van der Waals surface area contributed by atoms with Gasteiger partial charge in [0.15, 0.2) is 0 Å². The maximum atomic E-state index is 11.9. The van der Waals surface area contributed by atoms with Crippen LogP contribution in [0.4, 0.5) is 0 Å². The molecule has 2 atom stereocenters. The molecule has 17 heavy (non-hydrogen) atoms. The number of hydrogen-bond donors (Lipinski definition) is 2. The van der Waals surface area contributed by atoms with Gasteiger partial charge in [-0.2, -0.15) is 0 Å². The Labute approximate surface area is 103 Å². The van der Waals surface area contributed by atoms with Gasteiger partial charge in [-0.05, 0) is 39.2 Å². The van der Waals surface area contributed by atoms with E-state index in [9.17, 15) is 4.79 Å². The molecule has 1 saturated carbocycles. The first kappa shape index (κ1) is 12.8. The average molecular weight is 240 g/mol. The molecule has 2 fully saturated rings. The maximum Gasteiger partial charge on any atom is 0.249 e. The van der Waals surface area contributed by atoms with E-state index >= 15 is 0 Å². The van der Waals surface area contributed by atoms with Crippen molar-refractivity contribution >= 4 is 5.91 Å². The predicted molar refractivity (Wildman–Crippen MR) is 66.8 cm³/mol. The van der Waals surface area contributed by atoms with E-state index in [2.05, 4.69) is 10.6 Å². The summed E-state index contributed by atoms with van der Waals surface area (Å²) >= 11 is 0. The van der Waals surface area contributed by atoms with E-state index in [0.29, 0.717) is 6.04 Å². The minimum Gasteiger partial charge on any atom is -0.364 e. The number of carbonyl (C=O) groups excluding carboxylic acids is 1. The number of hydrogen-bond acceptors (Lipinski definition) is 3. The predicted octanol–water partition coefficient (Wildman–Crippen LogP) is 1.20. The van der Waals surface area contributed by atoms with E-state index in [1.807, 2.05) is 6.92 Å². The highest BCUT2D eigenvalue weighted by Gasteiger charge is 2.24. The van der Waals surface area contributed by atoms with Gasteiger partial charge in [-0.25, -0.2) is 0 Å².